The molecule has 1 nitrogen and oxygen atoms in total. The molecule has 0 atom stereocenters. The Morgan fingerprint density at radius 2 is 2.07 bits per heavy atom. The molecular weight excluding hydrogens is 194 g/mol. The highest BCUT2D eigenvalue weighted by Gasteiger charge is 2.05. The van der Waals surface area contributed by atoms with Gasteiger partial charge in [0.1, 0.15) is 13.6 Å². The van der Waals surface area contributed by atoms with E-state index in [2.05, 4.69) is 13.9 Å². The highest BCUT2D eigenvalue weighted by Crippen LogP contribution is 2.27. The molecule has 0 fully saturated rings. The van der Waals surface area contributed by atoms with Crippen LogP contribution in [-0.2, 0) is 0 Å². The van der Waals surface area contributed by atoms with E-state index < -0.39 is 0 Å². The van der Waals surface area contributed by atoms with Crippen LogP contribution in [0.3, 0.4) is 0 Å². The van der Waals surface area contributed by atoms with Crippen LogP contribution in [0.15, 0.2) is 30.3 Å². The Labute approximate surface area is 89.0 Å². The van der Waals surface area contributed by atoms with E-state index >= 15 is 0 Å². The standard InChI is InChI=1S/C11H10BClO/c1-14-10-6-8(13)5-7-3-2-4-9(12)11(7)10/h2-6H,12H2,1H3. The average Bonchev–Trinajstić information content (AvgIpc) is 2.16. The second-order valence-corrected chi connectivity index (χ2v) is 3.72. The highest BCUT2D eigenvalue weighted by atomic mass is 35.5. The lowest BCUT2D eigenvalue weighted by atomic mass is 9.90. The Morgan fingerprint density at radius 1 is 1.29 bits per heavy atom. The van der Waals surface area contributed by atoms with Gasteiger partial charge in [-0.1, -0.05) is 35.3 Å². The number of rotatable bonds is 1. The third-order valence-corrected chi connectivity index (χ3v) is 2.55. The van der Waals surface area contributed by atoms with Gasteiger partial charge in [0.15, 0.2) is 0 Å². The normalized spacial score (nSPS) is 10.4. The summed E-state index contributed by atoms with van der Waals surface area (Å²) in [4.78, 5) is 0. The van der Waals surface area contributed by atoms with Crippen LogP contribution in [0.1, 0.15) is 0 Å². The number of ether oxygens (including phenoxy) is 1. The SMILES string of the molecule is Bc1cccc2cc(Cl)cc(OC)c12. The first kappa shape index (κ1) is 9.41. The minimum atomic E-state index is 0.708. The molecule has 0 N–H and O–H groups in total. The first-order valence-corrected chi connectivity index (χ1v) is 4.83. The Morgan fingerprint density at radius 3 is 2.79 bits per heavy atom. The zero-order valence-corrected chi connectivity index (χ0v) is 8.93. The number of halogens is 1. The maximum Gasteiger partial charge on any atom is 0.140 e. The van der Waals surface area contributed by atoms with Gasteiger partial charge in [0, 0.05) is 10.4 Å². The molecule has 0 unspecified atom stereocenters. The monoisotopic (exact) mass is 204 g/mol. The van der Waals surface area contributed by atoms with Crippen molar-refractivity contribution < 1.29 is 4.74 Å². The van der Waals surface area contributed by atoms with E-state index in [1.54, 1.807) is 7.11 Å². The fourth-order valence-electron chi connectivity index (χ4n) is 1.70. The summed E-state index contributed by atoms with van der Waals surface area (Å²) in [5, 5.41) is 2.97. The highest BCUT2D eigenvalue weighted by molar-refractivity contribution is 6.40. The molecule has 2 rings (SSSR count). The van der Waals surface area contributed by atoms with E-state index in [0.717, 1.165) is 16.5 Å². The number of hydrogen-bond acceptors (Lipinski definition) is 1. The quantitative estimate of drug-likeness (QED) is 0.643. The van der Waals surface area contributed by atoms with Gasteiger partial charge < -0.3 is 4.74 Å². The number of methoxy groups -OCH3 is 1. The van der Waals surface area contributed by atoms with Gasteiger partial charge in [-0.15, -0.1) is 0 Å². The van der Waals surface area contributed by atoms with Crippen molar-refractivity contribution in [2.75, 3.05) is 7.11 Å². The zero-order valence-electron chi connectivity index (χ0n) is 8.17. The Kier molecular flexibility index (Phi) is 2.38. The van der Waals surface area contributed by atoms with Crippen molar-refractivity contribution in [2.24, 2.45) is 0 Å². The maximum atomic E-state index is 5.97. The Bertz CT molecular complexity index is 482. The van der Waals surface area contributed by atoms with Crippen molar-refractivity contribution >= 4 is 35.7 Å². The molecule has 2 aromatic rings. The average molecular weight is 204 g/mol. The van der Waals surface area contributed by atoms with Crippen molar-refractivity contribution in [2.45, 2.75) is 0 Å². The van der Waals surface area contributed by atoms with Gasteiger partial charge in [-0.25, -0.2) is 0 Å². The molecule has 3 heteroatoms. The van der Waals surface area contributed by atoms with Gasteiger partial charge in [0.25, 0.3) is 0 Å². The van der Waals surface area contributed by atoms with Crippen LogP contribution in [0.4, 0.5) is 0 Å². The Balaban J connectivity index is 2.88. The summed E-state index contributed by atoms with van der Waals surface area (Å²) in [5.41, 5.74) is 1.20. The molecule has 0 spiro atoms. The zero-order chi connectivity index (χ0) is 10.1. The van der Waals surface area contributed by atoms with Crippen LogP contribution in [-0.4, -0.2) is 15.0 Å². The summed E-state index contributed by atoms with van der Waals surface area (Å²) in [6, 6.07) is 9.92. The van der Waals surface area contributed by atoms with E-state index in [-0.39, 0.29) is 0 Å². The fraction of sp³-hybridized carbons (Fsp3) is 0.0909. The minimum Gasteiger partial charge on any atom is -0.496 e. The van der Waals surface area contributed by atoms with Crippen LogP contribution in [0.25, 0.3) is 10.8 Å². The van der Waals surface area contributed by atoms with Crippen LogP contribution in [0.5, 0.6) is 5.75 Å². The number of hydrogen-bond donors (Lipinski definition) is 0. The van der Waals surface area contributed by atoms with Crippen molar-refractivity contribution in [3.05, 3.63) is 35.4 Å². The van der Waals surface area contributed by atoms with Gasteiger partial charge in [0.05, 0.1) is 7.11 Å². The lowest BCUT2D eigenvalue weighted by molar-refractivity contribution is 0.420. The van der Waals surface area contributed by atoms with E-state index in [9.17, 15) is 0 Å². The van der Waals surface area contributed by atoms with Crippen LogP contribution >= 0.6 is 11.6 Å². The third-order valence-electron chi connectivity index (χ3n) is 2.33. The van der Waals surface area contributed by atoms with Gasteiger partial charge in [0.2, 0.25) is 0 Å². The van der Waals surface area contributed by atoms with Crippen LogP contribution < -0.4 is 10.2 Å². The number of fused-ring (bicyclic) bond motifs is 1. The summed E-state index contributed by atoms with van der Waals surface area (Å²) >= 11 is 5.97. The molecule has 0 aliphatic carbocycles. The predicted octanol–water partition coefficient (Wildman–Crippen LogP) is 1.76. The molecule has 14 heavy (non-hydrogen) atoms. The molecule has 0 bridgehead atoms. The van der Waals surface area contributed by atoms with Crippen molar-refractivity contribution in [1.29, 1.82) is 0 Å². The van der Waals surface area contributed by atoms with Crippen molar-refractivity contribution in [1.82, 2.24) is 0 Å². The fourth-order valence-corrected chi connectivity index (χ4v) is 1.91. The van der Waals surface area contributed by atoms with E-state index in [1.165, 1.54) is 5.46 Å². The second kappa shape index (κ2) is 3.54. The van der Waals surface area contributed by atoms with E-state index in [0.29, 0.717) is 5.02 Å². The molecule has 0 heterocycles. The molecule has 70 valence electrons. The second-order valence-electron chi connectivity index (χ2n) is 3.28. The van der Waals surface area contributed by atoms with Crippen LogP contribution in [0.2, 0.25) is 5.02 Å². The molecule has 0 aromatic heterocycles. The summed E-state index contributed by atoms with van der Waals surface area (Å²) in [5.74, 6) is 0.839. The molecular formula is C11H10BClO. The summed E-state index contributed by atoms with van der Waals surface area (Å²) < 4.78 is 5.30. The minimum absolute atomic E-state index is 0.708. The van der Waals surface area contributed by atoms with E-state index in [4.69, 9.17) is 16.3 Å². The first-order chi connectivity index (χ1) is 6.72. The van der Waals surface area contributed by atoms with Crippen molar-refractivity contribution in [3.63, 3.8) is 0 Å². The molecule has 0 saturated carbocycles. The summed E-state index contributed by atoms with van der Waals surface area (Å²) in [6.45, 7) is 0. The number of benzene rings is 2. The van der Waals surface area contributed by atoms with Crippen molar-refractivity contribution in [3.8, 4) is 5.75 Å². The molecule has 0 aliphatic heterocycles. The molecule has 0 radical (unpaired) electrons. The first-order valence-electron chi connectivity index (χ1n) is 4.45. The Hall–Kier alpha value is -1.15. The summed E-state index contributed by atoms with van der Waals surface area (Å²) in [7, 11) is 3.73. The molecule has 0 aliphatic rings. The summed E-state index contributed by atoms with van der Waals surface area (Å²) in [6.07, 6.45) is 0. The van der Waals surface area contributed by atoms with E-state index in [1.807, 2.05) is 24.3 Å². The smallest absolute Gasteiger partial charge is 0.140 e. The van der Waals surface area contributed by atoms with Gasteiger partial charge >= 0.3 is 0 Å². The molecule has 0 amide bonds. The third kappa shape index (κ3) is 1.46. The topological polar surface area (TPSA) is 9.23 Å². The largest absolute Gasteiger partial charge is 0.496 e. The van der Waals surface area contributed by atoms with Crippen LogP contribution in [0, 0.1) is 0 Å². The molecule has 0 saturated heterocycles. The predicted molar refractivity (Wildman–Crippen MR) is 63.7 cm³/mol. The lowest BCUT2D eigenvalue weighted by Gasteiger charge is -2.08. The van der Waals surface area contributed by atoms with Gasteiger partial charge in [-0.3, -0.25) is 0 Å². The van der Waals surface area contributed by atoms with Gasteiger partial charge in [-0.2, -0.15) is 0 Å². The molecule has 2 aromatic carbocycles. The maximum absolute atomic E-state index is 5.97. The lowest BCUT2D eigenvalue weighted by Crippen LogP contribution is -2.04. The van der Waals surface area contributed by atoms with Gasteiger partial charge in [-0.05, 0) is 17.5 Å².